The van der Waals surface area contributed by atoms with Crippen LogP contribution in [0.4, 0.5) is 0 Å². The summed E-state index contributed by atoms with van der Waals surface area (Å²) in [5.74, 6) is 0. The van der Waals surface area contributed by atoms with Gasteiger partial charge in [-0.25, -0.2) is 13.4 Å². The van der Waals surface area contributed by atoms with Crippen LogP contribution >= 0.6 is 15.9 Å². The molecule has 1 aromatic heterocycles. The SMILES string of the molecule is CO[C@H](C)c1cc(Br)nc(S(C)(=O)=O)c1. The van der Waals surface area contributed by atoms with Gasteiger partial charge in [0.25, 0.3) is 0 Å². The Bertz CT molecular complexity index is 458. The molecule has 0 N–H and O–H groups in total. The lowest BCUT2D eigenvalue weighted by Crippen LogP contribution is -2.04. The van der Waals surface area contributed by atoms with Crippen LogP contribution in [-0.4, -0.2) is 26.8 Å². The molecule has 0 aliphatic heterocycles. The molecule has 4 nitrogen and oxygen atoms in total. The molecular weight excluding hydrogens is 282 g/mol. The van der Waals surface area contributed by atoms with Crippen molar-refractivity contribution in [1.29, 1.82) is 0 Å². The van der Waals surface area contributed by atoms with Gasteiger partial charge in [-0.2, -0.15) is 0 Å². The monoisotopic (exact) mass is 293 g/mol. The molecule has 0 spiro atoms. The molecule has 0 saturated carbocycles. The second kappa shape index (κ2) is 4.59. The van der Waals surface area contributed by atoms with Gasteiger partial charge < -0.3 is 4.74 Å². The fourth-order valence-electron chi connectivity index (χ4n) is 1.05. The van der Waals surface area contributed by atoms with E-state index in [2.05, 4.69) is 20.9 Å². The zero-order valence-electron chi connectivity index (χ0n) is 8.69. The lowest BCUT2D eigenvalue weighted by atomic mass is 10.2. The Hall–Kier alpha value is -0.460. The maximum Gasteiger partial charge on any atom is 0.192 e. The van der Waals surface area contributed by atoms with Crippen LogP contribution in [0.2, 0.25) is 0 Å². The predicted molar refractivity (Wildman–Crippen MR) is 60.5 cm³/mol. The summed E-state index contributed by atoms with van der Waals surface area (Å²) in [6.07, 6.45) is 0.966. The molecule has 1 rings (SSSR count). The van der Waals surface area contributed by atoms with Gasteiger partial charge in [0, 0.05) is 13.4 Å². The van der Waals surface area contributed by atoms with Crippen molar-refractivity contribution >= 4 is 25.8 Å². The molecule has 1 aromatic rings. The van der Waals surface area contributed by atoms with Crippen molar-refractivity contribution in [3.8, 4) is 0 Å². The number of pyridine rings is 1. The third-order valence-electron chi connectivity index (χ3n) is 2.00. The minimum Gasteiger partial charge on any atom is -0.377 e. The molecule has 6 heteroatoms. The Kier molecular flexibility index (Phi) is 3.86. The van der Waals surface area contributed by atoms with E-state index in [9.17, 15) is 8.42 Å². The second-order valence-electron chi connectivity index (χ2n) is 3.21. The maximum absolute atomic E-state index is 11.3. The Morgan fingerprint density at radius 1 is 1.47 bits per heavy atom. The zero-order chi connectivity index (χ0) is 11.6. The Morgan fingerprint density at radius 2 is 2.07 bits per heavy atom. The van der Waals surface area contributed by atoms with Crippen LogP contribution < -0.4 is 0 Å². The highest BCUT2D eigenvalue weighted by atomic mass is 79.9. The van der Waals surface area contributed by atoms with Crippen molar-refractivity contribution in [1.82, 2.24) is 4.98 Å². The molecule has 0 bridgehead atoms. The van der Waals surface area contributed by atoms with Crippen molar-refractivity contribution in [3.63, 3.8) is 0 Å². The molecule has 1 atom stereocenters. The van der Waals surface area contributed by atoms with Crippen LogP contribution in [0.1, 0.15) is 18.6 Å². The molecule has 0 fully saturated rings. The third-order valence-corrected chi connectivity index (χ3v) is 3.37. The van der Waals surface area contributed by atoms with Gasteiger partial charge in [0.05, 0.1) is 6.10 Å². The summed E-state index contributed by atoms with van der Waals surface area (Å²) in [6.45, 7) is 1.84. The summed E-state index contributed by atoms with van der Waals surface area (Å²) < 4.78 is 28.3. The Morgan fingerprint density at radius 3 is 2.53 bits per heavy atom. The first-order valence-corrected chi connectivity index (χ1v) is 6.93. The van der Waals surface area contributed by atoms with E-state index < -0.39 is 9.84 Å². The first-order valence-electron chi connectivity index (χ1n) is 4.25. The van der Waals surface area contributed by atoms with E-state index >= 15 is 0 Å². The molecule has 0 aliphatic carbocycles. The van der Waals surface area contributed by atoms with Crippen LogP contribution in [0.3, 0.4) is 0 Å². The van der Waals surface area contributed by atoms with Gasteiger partial charge in [0.1, 0.15) is 4.60 Å². The van der Waals surface area contributed by atoms with E-state index in [1.807, 2.05) is 6.92 Å². The average Bonchev–Trinajstić information content (AvgIpc) is 2.14. The fraction of sp³-hybridized carbons (Fsp3) is 0.444. The number of nitrogens with zero attached hydrogens (tertiary/aromatic N) is 1. The second-order valence-corrected chi connectivity index (χ2v) is 5.99. The van der Waals surface area contributed by atoms with Gasteiger partial charge in [0.2, 0.25) is 0 Å². The minimum atomic E-state index is -3.29. The topological polar surface area (TPSA) is 56.3 Å². The highest BCUT2D eigenvalue weighted by molar-refractivity contribution is 9.10. The van der Waals surface area contributed by atoms with E-state index in [1.54, 1.807) is 13.2 Å². The molecule has 84 valence electrons. The smallest absolute Gasteiger partial charge is 0.192 e. The van der Waals surface area contributed by atoms with E-state index in [-0.39, 0.29) is 11.1 Å². The molecule has 0 unspecified atom stereocenters. The molecular formula is C9H12BrNO3S. The lowest BCUT2D eigenvalue weighted by Gasteiger charge is -2.11. The van der Waals surface area contributed by atoms with Gasteiger partial charge >= 0.3 is 0 Å². The largest absolute Gasteiger partial charge is 0.377 e. The van der Waals surface area contributed by atoms with Crippen molar-refractivity contribution in [2.45, 2.75) is 18.1 Å². The van der Waals surface area contributed by atoms with Gasteiger partial charge in [-0.1, -0.05) is 0 Å². The van der Waals surface area contributed by atoms with Crippen molar-refractivity contribution < 1.29 is 13.2 Å². The van der Waals surface area contributed by atoms with Gasteiger partial charge in [0.15, 0.2) is 14.9 Å². The normalized spacial score (nSPS) is 13.9. The maximum atomic E-state index is 11.3. The number of aromatic nitrogens is 1. The Balaban J connectivity index is 3.29. The van der Waals surface area contributed by atoms with Gasteiger partial charge in [-0.05, 0) is 40.5 Å². The van der Waals surface area contributed by atoms with E-state index in [0.717, 1.165) is 11.8 Å². The molecule has 0 amide bonds. The number of halogens is 1. The van der Waals surface area contributed by atoms with Crippen LogP contribution in [0.5, 0.6) is 0 Å². The average molecular weight is 294 g/mol. The van der Waals surface area contributed by atoms with Crippen molar-refractivity contribution in [2.75, 3.05) is 13.4 Å². The summed E-state index contributed by atoms with van der Waals surface area (Å²) in [5, 5.41) is 0.0516. The number of methoxy groups -OCH3 is 1. The summed E-state index contributed by atoms with van der Waals surface area (Å²) in [5.41, 5.74) is 0.778. The fourth-order valence-corrected chi connectivity index (χ4v) is 2.24. The number of hydrogen-bond acceptors (Lipinski definition) is 4. The van der Waals surface area contributed by atoms with Crippen LogP contribution in [0, 0.1) is 0 Å². The van der Waals surface area contributed by atoms with Gasteiger partial charge in [-0.3, -0.25) is 0 Å². The number of ether oxygens (including phenoxy) is 1. The van der Waals surface area contributed by atoms with Crippen LogP contribution in [-0.2, 0) is 14.6 Å². The molecule has 0 saturated heterocycles. The summed E-state index contributed by atoms with van der Waals surface area (Å²) >= 11 is 3.17. The molecule has 0 radical (unpaired) electrons. The highest BCUT2D eigenvalue weighted by Crippen LogP contribution is 2.22. The van der Waals surface area contributed by atoms with Crippen molar-refractivity contribution in [3.05, 3.63) is 22.3 Å². The van der Waals surface area contributed by atoms with Crippen molar-refractivity contribution in [2.24, 2.45) is 0 Å². The summed E-state index contributed by atoms with van der Waals surface area (Å²) in [7, 11) is -1.72. The molecule has 0 aliphatic rings. The van der Waals surface area contributed by atoms with Crippen LogP contribution in [0.25, 0.3) is 0 Å². The standard InChI is InChI=1S/C9H12BrNO3S/c1-6(14-2)7-4-8(10)11-9(5-7)15(3,12)13/h4-6H,1-3H3/t6-/m1/s1. The third kappa shape index (κ3) is 3.25. The lowest BCUT2D eigenvalue weighted by molar-refractivity contribution is 0.119. The van der Waals surface area contributed by atoms with E-state index in [0.29, 0.717) is 4.60 Å². The molecule has 1 heterocycles. The van der Waals surface area contributed by atoms with Crippen LogP contribution in [0.15, 0.2) is 21.8 Å². The first-order chi connectivity index (χ1) is 6.84. The highest BCUT2D eigenvalue weighted by Gasteiger charge is 2.14. The summed E-state index contributed by atoms with van der Waals surface area (Å²) in [6, 6.07) is 3.26. The number of rotatable bonds is 3. The molecule has 15 heavy (non-hydrogen) atoms. The predicted octanol–water partition coefficient (Wildman–Crippen LogP) is 1.96. The summed E-state index contributed by atoms with van der Waals surface area (Å²) in [4.78, 5) is 3.89. The van der Waals surface area contributed by atoms with E-state index in [1.165, 1.54) is 6.07 Å². The molecule has 0 aromatic carbocycles. The van der Waals surface area contributed by atoms with E-state index in [4.69, 9.17) is 4.74 Å². The Labute approximate surface area is 97.7 Å². The zero-order valence-corrected chi connectivity index (χ0v) is 11.1. The number of sulfone groups is 1. The first kappa shape index (κ1) is 12.6. The minimum absolute atomic E-state index is 0.0516. The van der Waals surface area contributed by atoms with Gasteiger partial charge in [-0.15, -0.1) is 0 Å². The quantitative estimate of drug-likeness (QED) is 0.800. The number of hydrogen-bond donors (Lipinski definition) is 0.